The van der Waals surface area contributed by atoms with E-state index in [9.17, 15) is 13.2 Å². The fraction of sp³-hybridized carbons (Fsp3) is 0.364. The molecule has 1 saturated heterocycles. The van der Waals surface area contributed by atoms with Gasteiger partial charge in [0.05, 0.1) is 4.90 Å². The van der Waals surface area contributed by atoms with E-state index < -0.39 is 16.1 Å². The summed E-state index contributed by atoms with van der Waals surface area (Å²) in [5, 5.41) is 2.98. The summed E-state index contributed by atoms with van der Waals surface area (Å²) in [6, 6.07) is 4.31. The van der Waals surface area contributed by atoms with Crippen LogP contribution in [0.4, 0.5) is 0 Å². The van der Waals surface area contributed by atoms with Gasteiger partial charge in [-0.15, -0.1) is 0 Å². The molecule has 7 heteroatoms. The Hall–Kier alpha value is -1.11. The van der Waals surface area contributed by atoms with Crippen molar-refractivity contribution in [3.05, 3.63) is 28.8 Å². The number of carbonyl (C=O) groups is 1. The second-order valence-electron chi connectivity index (χ2n) is 4.19. The van der Waals surface area contributed by atoms with Crippen LogP contribution in [0.15, 0.2) is 23.1 Å². The monoisotopic (exact) mass is 288 g/mol. The predicted molar refractivity (Wildman–Crippen MR) is 67.9 cm³/mol. The molecule has 0 spiro atoms. The third kappa shape index (κ3) is 2.66. The third-order valence-electron chi connectivity index (χ3n) is 2.81. The van der Waals surface area contributed by atoms with Gasteiger partial charge in [-0.1, -0.05) is 17.7 Å². The molecule has 1 atom stereocenters. The lowest BCUT2D eigenvalue weighted by atomic mass is 10.2. The van der Waals surface area contributed by atoms with E-state index in [-0.39, 0.29) is 17.2 Å². The lowest BCUT2D eigenvalue weighted by molar-refractivity contribution is -0.119. The molecule has 0 saturated carbocycles. The van der Waals surface area contributed by atoms with E-state index in [2.05, 4.69) is 10.0 Å². The molecular formula is C11H13ClN2O3S. The average molecular weight is 289 g/mol. The Balaban J connectivity index is 2.26. The summed E-state index contributed by atoms with van der Waals surface area (Å²) < 4.78 is 26.8. The summed E-state index contributed by atoms with van der Waals surface area (Å²) in [7, 11) is -3.65. The number of rotatable bonds is 3. The van der Waals surface area contributed by atoms with E-state index in [1.54, 1.807) is 19.1 Å². The molecule has 1 aromatic rings. The van der Waals surface area contributed by atoms with Crippen LogP contribution in [0.1, 0.15) is 12.0 Å². The summed E-state index contributed by atoms with van der Waals surface area (Å²) in [4.78, 5) is 11.2. The summed E-state index contributed by atoms with van der Waals surface area (Å²) in [5.74, 6) is -0.148. The quantitative estimate of drug-likeness (QED) is 0.864. The van der Waals surface area contributed by atoms with Crippen LogP contribution in [0.25, 0.3) is 0 Å². The fourth-order valence-electron chi connectivity index (χ4n) is 1.85. The van der Waals surface area contributed by atoms with Gasteiger partial charge in [0, 0.05) is 24.0 Å². The normalized spacial score (nSPS) is 19.9. The molecule has 1 aliphatic heterocycles. The molecular weight excluding hydrogens is 276 g/mol. The molecule has 0 bridgehead atoms. The van der Waals surface area contributed by atoms with Crippen molar-refractivity contribution in [1.29, 1.82) is 0 Å². The van der Waals surface area contributed by atoms with Crippen LogP contribution in [0.5, 0.6) is 0 Å². The van der Waals surface area contributed by atoms with Crippen molar-refractivity contribution in [2.45, 2.75) is 24.3 Å². The molecule has 0 aromatic heterocycles. The van der Waals surface area contributed by atoms with E-state index in [0.29, 0.717) is 17.1 Å². The Bertz CT molecular complexity index is 586. The summed E-state index contributed by atoms with van der Waals surface area (Å²) in [6.45, 7) is 1.96. The van der Waals surface area contributed by atoms with Crippen molar-refractivity contribution in [2.24, 2.45) is 0 Å². The van der Waals surface area contributed by atoms with Gasteiger partial charge in [0.2, 0.25) is 15.9 Å². The average Bonchev–Trinajstić information content (AvgIpc) is 2.67. The largest absolute Gasteiger partial charge is 0.354 e. The van der Waals surface area contributed by atoms with E-state index in [1.807, 2.05) is 0 Å². The third-order valence-corrected chi connectivity index (χ3v) is 4.88. The second kappa shape index (κ2) is 4.87. The van der Waals surface area contributed by atoms with Crippen LogP contribution in [0.3, 0.4) is 0 Å². The number of carbonyl (C=O) groups excluding carboxylic acids is 1. The number of benzene rings is 1. The molecule has 0 aliphatic carbocycles. The minimum atomic E-state index is -3.65. The fourth-order valence-corrected chi connectivity index (χ4v) is 3.58. The van der Waals surface area contributed by atoms with Crippen LogP contribution in [-0.2, 0) is 14.8 Å². The van der Waals surface area contributed by atoms with Gasteiger partial charge in [-0.05, 0) is 24.6 Å². The first kappa shape index (κ1) is 13.3. The number of amides is 1. The number of sulfonamides is 1. The Labute approximate surface area is 111 Å². The SMILES string of the molecule is Cc1c(Cl)cccc1S(=O)(=O)NC1CNC(=O)C1. The Kier molecular flexibility index (Phi) is 3.61. The Morgan fingerprint density at radius 2 is 2.17 bits per heavy atom. The van der Waals surface area contributed by atoms with E-state index in [4.69, 9.17) is 11.6 Å². The topological polar surface area (TPSA) is 75.3 Å². The zero-order chi connectivity index (χ0) is 13.3. The van der Waals surface area contributed by atoms with Crippen molar-refractivity contribution in [2.75, 3.05) is 6.54 Å². The predicted octanol–water partition coefficient (Wildman–Crippen LogP) is 0.815. The summed E-state index contributed by atoms with van der Waals surface area (Å²) in [6.07, 6.45) is 0.166. The molecule has 0 radical (unpaired) electrons. The zero-order valence-corrected chi connectivity index (χ0v) is 11.3. The van der Waals surface area contributed by atoms with Gasteiger partial charge in [0.1, 0.15) is 0 Å². The van der Waals surface area contributed by atoms with Gasteiger partial charge >= 0.3 is 0 Å². The van der Waals surface area contributed by atoms with Crippen LogP contribution in [0, 0.1) is 6.92 Å². The lowest BCUT2D eigenvalue weighted by Crippen LogP contribution is -2.36. The maximum atomic E-state index is 12.2. The highest BCUT2D eigenvalue weighted by atomic mass is 35.5. The Morgan fingerprint density at radius 3 is 2.78 bits per heavy atom. The van der Waals surface area contributed by atoms with Crippen molar-refractivity contribution < 1.29 is 13.2 Å². The molecule has 1 heterocycles. The smallest absolute Gasteiger partial charge is 0.241 e. The molecule has 1 amide bonds. The minimum absolute atomic E-state index is 0.148. The first-order chi connectivity index (χ1) is 8.40. The van der Waals surface area contributed by atoms with E-state index >= 15 is 0 Å². The van der Waals surface area contributed by atoms with Gasteiger partial charge in [-0.2, -0.15) is 0 Å². The highest BCUT2D eigenvalue weighted by Crippen LogP contribution is 2.23. The van der Waals surface area contributed by atoms with Gasteiger partial charge < -0.3 is 5.32 Å². The summed E-state index contributed by atoms with van der Waals surface area (Å²) in [5.41, 5.74) is 0.504. The van der Waals surface area contributed by atoms with Gasteiger partial charge in [0.15, 0.2) is 0 Å². The molecule has 18 heavy (non-hydrogen) atoms. The molecule has 98 valence electrons. The standard InChI is InChI=1S/C11H13ClN2O3S/c1-7-9(12)3-2-4-10(7)18(16,17)14-8-5-11(15)13-6-8/h2-4,8,14H,5-6H2,1H3,(H,13,15). The second-order valence-corrected chi connectivity index (χ2v) is 6.28. The number of nitrogens with one attached hydrogen (secondary N) is 2. The van der Waals surface area contributed by atoms with Gasteiger partial charge in [0.25, 0.3) is 0 Å². The molecule has 5 nitrogen and oxygen atoms in total. The maximum Gasteiger partial charge on any atom is 0.241 e. The Morgan fingerprint density at radius 1 is 1.44 bits per heavy atom. The van der Waals surface area contributed by atoms with Gasteiger partial charge in [-0.3, -0.25) is 4.79 Å². The lowest BCUT2D eigenvalue weighted by Gasteiger charge is -2.13. The molecule has 1 aromatic carbocycles. The van der Waals surface area contributed by atoms with Crippen LogP contribution in [-0.4, -0.2) is 26.9 Å². The van der Waals surface area contributed by atoms with Crippen molar-refractivity contribution in [3.63, 3.8) is 0 Å². The number of hydrogen-bond donors (Lipinski definition) is 2. The molecule has 1 fully saturated rings. The number of hydrogen-bond acceptors (Lipinski definition) is 3. The number of halogens is 1. The first-order valence-electron chi connectivity index (χ1n) is 5.44. The first-order valence-corrected chi connectivity index (χ1v) is 7.30. The molecule has 2 rings (SSSR count). The highest BCUT2D eigenvalue weighted by Gasteiger charge is 2.27. The van der Waals surface area contributed by atoms with Crippen LogP contribution in [0.2, 0.25) is 5.02 Å². The van der Waals surface area contributed by atoms with Crippen molar-refractivity contribution in [1.82, 2.24) is 10.0 Å². The summed E-state index contributed by atoms with van der Waals surface area (Å²) >= 11 is 5.90. The van der Waals surface area contributed by atoms with Crippen LogP contribution >= 0.6 is 11.6 Å². The van der Waals surface area contributed by atoms with Crippen molar-refractivity contribution >= 4 is 27.5 Å². The van der Waals surface area contributed by atoms with Crippen molar-refractivity contribution in [3.8, 4) is 0 Å². The zero-order valence-electron chi connectivity index (χ0n) is 9.73. The highest BCUT2D eigenvalue weighted by molar-refractivity contribution is 7.89. The molecule has 1 aliphatic rings. The molecule has 2 N–H and O–H groups in total. The van der Waals surface area contributed by atoms with E-state index in [0.717, 1.165) is 0 Å². The molecule has 1 unspecified atom stereocenters. The minimum Gasteiger partial charge on any atom is -0.354 e. The maximum absolute atomic E-state index is 12.2. The van der Waals surface area contributed by atoms with Gasteiger partial charge in [-0.25, -0.2) is 13.1 Å². The van der Waals surface area contributed by atoms with E-state index in [1.165, 1.54) is 6.07 Å². The van der Waals surface area contributed by atoms with Crippen LogP contribution < -0.4 is 10.0 Å².